The Morgan fingerprint density at radius 2 is 2.13 bits per heavy atom. The van der Waals surface area contributed by atoms with E-state index in [-0.39, 0.29) is 18.0 Å². The number of rotatable bonds is 3. The molecule has 1 aliphatic heterocycles. The molecule has 23 heavy (non-hydrogen) atoms. The Kier molecular flexibility index (Phi) is 4.62. The van der Waals surface area contributed by atoms with Crippen molar-refractivity contribution < 1.29 is 13.9 Å². The summed E-state index contributed by atoms with van der Waals surface area (Å²) in [5.74, 6) is 0.222. The van der Waals surface area contributed by atoms with Crippen LogP contribution < -0.4 is 10.1 Å². The molecule has 1 saturated heterocycles. The molecule has 2 aromatic rings. The number of urea groups is 1. The normalized spacial score (nSPS) is 17.1. The maximum Gasteiger partial charge on any atom is 0.321 e. The minimum Gasteiger partial charge on any atom is -0.487 e. The smallest absolute Gasteiger partial charge is 0.321 e. The molecular weight excluding hydrogens is 321 g/mol. The fourth-order valence-electron chi connectivity index (χ4n) is 2.38. The zero-order chi connectivity index (χ0) is 16.2. The molecule has 1 aromatic carbocycles. The third-order valence-corrected chi connectivity index (χ3v) is 3.84. The second kappa shape index (κ2) is 6.83. The highest BCUT2D eigenvalue weighted by Gasteiger charge is 2.28. The van der Waals surface area contributed by atoms with Crippen molar-refractivity contribution in [3.8, 4) is 5.75 Å². The summed E-state index contributed by atoms with van der Waals surface area (Å²) in [7, 11) is 0. The molecule has 1 N–H and O–H groups in total. The second-order valence-electron chi connectivity index (χ2n) is 5.22. The van der Waals surface area contributed by atoms with Gasteiger partial charge in [-0.3, -0.25) is 4.98 Å². The topological polar surface area (TPSA) is 54.5 Å². The summed E-state index contributed by atoms with van der Waals surface area (Å²) in [6.07, 6.45) is 3.73. The number of pyridine rings is 1. The van der Waals surface area contributed by atoms with Gasteiger partial charge in [-0.2, -0.15) is 0 Å². The van der Waals surface area contributed by atoms with Crippen LogP contribution in [-0.2, 0) is 0 Å². The molecule has 1 aromatic heterocycles. The number of benzene rings is 1. The predicted molar refractivity (Wildman–Crippen MR) is 85.3 cm³/mol. The first kappa shape index (κ1) is 15.6. The molecule has 1 atom stereocenters. The van der Waals surface area contributed by atoms with Gasteiger partial charge in [0.1, 0.15) is 22.7 Å². The molecule has 1 fully saturated rings. The van der Waals surface area contributed by atoms with Crippen molar-refractivity contribution in [1.29, 1.82) is 0 Å². The summed E-state index contributed by atoms with van der Waals surface area (Å²) in [6, 6.07) is 7.11. The van der Waals surface area contributed by atoms with Crippen LogP contribution in [0.15, 0.2) is 42.7 Å². The van der Waals surface area contributed by atoms with Crippen LogP contribution in [0.1, 0.15) is 6.42 Å². The van der Waals surface area contributed by atoms with Crippen molar-refractivity contribution in [3.63, 3.8) is 0 Å². The molecule has 0 spiro atoms. The largest absolute Gasteiger partial charge is 0.487 e. The van der Waals surface area contributed by atoms with E-state index in [9.17, 15) is 9.18 Å². The van der Waals surface area contributed by atoms with Crippen LogP contribution in [0.2, 0.25) is 5.02 Å². The number of anilines is 1. The van der Waals surface area contributed by atoms with Crippen LogP contribution in [0.3, 0.4) is 0 Å². The molecule has 1 unspecified atom stereocenters. The van der Waals surface area contributed by atoms with Crippen molar-refractivity contribution in [2.75, 3.05) is 18.4 Å². The minimum absolute atomic E-state index is 0.117. The van der Waals surface area contributed by atoms with Crippen LogP contribution >= 0.6 is 11.6 Å². The standard InChI is InChI=1S/C16H15ClFN3O2/c17-14-9-19-7-5-15(14)23-13-6-8-21(10-13)16(22)20-12-3-1-11(18)2-4-12/h1-5,7,9,13H,6,8,10H2,(H,20,22). The van der Waals surface area contributed by atoms with E-state index in [1.807, 2.05) is 0 Å². The van der Waals surface area contributed by atoms with E-state index < -0.39 is 0 Å². The molecule has 120 valence electrons. The number of carbonyl (C=O) groups is 1. The Bertz CT molecular complexity index is 696. The zero-order valence-electron chi connectivity index (χ0n) is 12.2. The van der Waals surface area contributed by atoms with E-state index in [0.29, 0.717) is 29.5 Å². The Labute approximate surface area is 138 Å². The summed E-state index contributed by atoms with van der Waals surface area (Å²) in [6.45, 7) is 1.05. The Balaban J connectivity index is 1.55. The number of nitrogens with one attached hydrogen (secondary N) is 1. The van der Waals surface area contributed by atoms with Crippen LogP contribution in [0.5, 0.6) is 5.75 Å². The van der Waals surface area contributed by atoms with Gasteiger partial charge in [0.05, 0.1) is 6.54 Å². The van der Waals surface area contributed by atoms with Gasteiger partial charge in [-0.1, -0.05) is 11.6 Å². The van der Waals surface area contributed by atoms with E-state index in [4.69, 9.17) is 16.3 Å². The van der Waals surface area contributed by atoms with Crippen LogP contribution in [0.4, 0.5) is 14.9 Å². The van der Waals surface area contributed by atoms with Gasteiger partial charge in [-0.25, -0.2) is 9.18 Å². The fraction of sp³-hybridized carbons (Fsp3) is 0.250. The number of hydrogen-bond acceptors (Lipinski definition) is 3. The molecule has 7 heteroatoms. The monoisotopic (exact) mass is 335 g/mol. The van der Waals surface area contributed by atoms with Gasteiger partial charge in [0, 0.05) is 37.1 Å². The van der Waals surface area contributed by atoms with E-state index >= 15 is 0 Å². The lowest BCUT2D eigenvalue weighted by Crippen LogP contribution is -2.34. The van der Waals surface area contributed by atoms with E-state index in [2.05, 4.69) is 10.3 Å². The number of amides is 2. The molecule has 2 amide bonds. The second-order valence-corrected chi connectivity index (χ2v) is 5.62. The SMILES string of the molecule is O=C(Nc1ccc(F)cc1)N1CCC(Oc2ccncc2Cl)C1. The van der Waals surface area contributed by atoms with Gasteiger partial charge in [-0.05, 0) is 24.3 Å². The zero-order valence-corrected chi connectivity index (χ0v) is 13.0. The average Bonchev–Trinajstić information content (AvgIpc) is 3.01. The van der Waals surface area contributed by atoms with Crippen LogP contribution in [-0.4, -0.2) is 35.1 Å². The van der Waals surface area contributed by atoms with Crippen LogP contribution in [0, 0.1) is 5.82 Å². The quantitative estimate of drug-likeness (QED) is 0.933. The first-order valence-corrected chi connectivity index (χ1v) is 7.57. The van der Waals surface area contributed by atoms with Gasteiger partial charge in [-0.15, -0.1) is 0 Å². The minimum atomic E-state index is -0.341. The van der Waals surface area contributed by atoms with Crippen molar-refractivity contribution in [2.24, 2.45) is 0 Å². The van der Waals surface area contributed by atoms with Gasteiger partial charge in [0.15, 0.2) is 0 Å². The van der Waals surface area contributed by atoms with Gasteiger partial charge in [0.2, 0.25) is 0 Å². The van der Waals surface area contributed by atoms with E-state index in [1.165, 1.54) is 30.5 Å². The fourth-order valence-corrected chi connectivity index (χ4v) is 2.55. The van der Waals surface area contributed by atoms with Crippen molar-refractivity contribution in [1.82, 2.24) is 9.88 Å². The predicted octanol–water partition coefficient (Wildman–Crippen LogP) is 3.56. The lowest BCUT2D eigenvalue weighted by atomic mass is 10.3. The van der Waals surface area contributed by atoms with Gasteiger partial charge < -0.3 is 15.0 Å². The number of halogens is 2. The van der Waals surface area contributed by atoms with Crippen molar-refractivity contribution >= 4 is 23.3 Å². The third-order valence-electron chi connectivity index (χ3n) is 3.56. The molecule has 1 aliphatic rings. The molecule has 0 radical (unpaired) electrons. The highest BCUT2D eigenvalue weighted by atomic mass is 35.5. The maximum atomic E-state index is 12.9. The number of carbonyl (C=O) groups excluding carboxylic acids is 1. The lowest BCUT2D eigenvalue weighted by molar-refractivity contribution is 0.195. The number of ether oxygens (including phenoxy) is 1. The Morgan fingerprint density at radius 1 is 1.35 bits per heavy atom. The summed E-state index contributed by atoms with van der Waals surface area (Å²) in [5, 5.41) is 3.18. The van der Waals surface area contributed by atoms with E-state index in [1.54, 1.807) is 17.2 Å². The molecule has 3 rings (SSSR count). The number of likely N-dealkylation sites (tertiary alicyclic amines) is 1. The maximum absolute atomic E-state index is 12.9. The number of aromatic nitrogens is 1. The molecular formula is C16H15ClFN3O2. The number of nitrogens with zero attached hydrogens (tertiary/aromatic N) is 2. The number of hydrogen-bond donors (Lipinski definition) is 1. The summed E-state index contributed by atoms with van der Waals surface area (Å²) in [5.41, 5.74) is 0.554. The average molecular weight is 336 g/mol. The first-order chi connectivity index (χ1) is 11.1. The molecule has 0 saturated carbocycles. The van der Waals surface area contributed by atoms with Crippen LogP contribution in [0.25, 0.3) is 0 Å². The third kappa shape index (κ3) is 3.90. The molecule has 0 bridgehead atoms. The Morgan fingerprint density at radius 3 is 2.87 bits per heavy atom. The highest BCUT2D eigenvalue weighted by Crippen LogP contribution is 2.25. The molecule has 5 nitrogen and oxygen atoms in total. The summed E-state index contributed by atoms with van der Waals surface area (Å²) < 4.78 is 18.7. The Hall–Kier alpha value is -2.34. The molecule has 2 heterocycles. The highest BCUT2D eigenvalue weighted by molar-refractivity contribution is 6.31. The summed E-state index contributed by atoms with van der Waals surface area (Å²) in [4.78, 5) is 17.8. The first-order valence-electron chi connectivity index (χ1n) is 7.19. The molecule has 0 aliphatic carbocycles. The van der Waals surface area contributed by atoms with Crippen molar-refractivity contribution in [3.05, 3.63) is 53.6 Å². The lowest BCUT2D eigenvalue weighted by Gasteiger charge is -2.18. The van der Waals surface area contributed by atoms with Crippen molar-refractivity contribution in [2.45, 2.75) is 12.5 Å². The van der Waals surface area contributed by atoms with Gasteiger partial charge in [0.25, 0.3) is 0 Å². The van der Waals surface area contributed by atoms with Gasteiger partial charge >= 0.3 is 6.03 Å². The summed E-state index contributed by atoms with van der Waals surface area (Å²) >= 11 is 6.01. The van der Waals surface area contributed by atoms with E-state index in [0.717, 1.165) is 6.42 Å².